The molecule has 1 amide bonds. The normalized spacial score (nSPS) is 18.6. The van der Waals surface area contributed by atoms with Crippen LogP contribution < -0.4 is 15.4 Å². The number of carbonyl (C=O) groups is 1. The maximum absolute atomic E-state index is 12.0. The van der Waals surface area contributed by atoms with E-state index in [0.29, 0.717) is 16.7 Å². The molecular weight excluding hydrogens is 288 g/mol. The SMILES string of the molecule is CCCNC1C(=O)Nc2cc(OC(C)C(C)C)c(Cl)cc21. The standard InChI is InChI=1S/C16H23ClN2O2/c1-5-6-18-15-11-7-12(17)14(21-10(4)9(2)3)8-13(11)19-16(15)20/h7-10,15,18H,5-6H2,1-4H3,(H,19,20). The zero-order chi connectivity index (χ0) is 15.6. The number of hydrogen-bond donors (Lipinski definition) is 2. The summed E-state index contributed by atoms with van der Waals surface area (Å²) in [5.74, 6) is 0.972. The third-order valence-electron chi connectivity index (χ3n) is 3.79. The Hall–Kier alpha value is -1.26. The minimum Gasteiger partial charge on any atom is -0.489 e. The van der Waals surface area contributed by atoms with Gasteiger partial charge >= 0.3 is 0 Å². The minimum atomic E-state index is -0.325. The molecule has 0 spiro atoms. The van der Waals surface area contributed by atoms with Gasteiger partial charge in [-0.05, 0) is 31.9 Å². The van der Waals surface area contributed by atoms with Gasteiger partial charge in [0.05, 0.1) is 11.1 Å². The Bertz CT molecular complexity index is 531. The molecule has 1 aromatic carbocycles. The quantitative estimate of drug-likeness (QED) is 0.841. The number of fused-ring (bicyclic) bond motifs is 1. The zero-order valence-corrected chi connectivity index (χ0v) is 13.8. The second-order valence-electron chi connectivity index (χ2n) is 5.81. The van der Waals surface area contributed by atoms with Crippen LogP contribution in [-0.2, 0) is 4.79 Å². The number of hydrogen-bond acceptors (Lipinski definition) is 3. The van der Waals surface area contributed by atoms with Crippen LogP contribution in [0.4, 0.5) is 5.69 Å². The van der Waals surface area contributed by atoms with Gasteiger partial charge in [-0.15, -0.1) is 0 Å². The molecule has 0 aromatic heterocycles. The molecule has 21 heavy (non-hydrogen) atoms. The average molecular weight is 311 g/mol. The highest BCUT2D eigenvalue weighted by molar-refractivity contribution is 6.32. The Kier molecular flexibility index (Phi) is 5.12. The van der Waals surface area contributed by atoms with E-state index in [9.17, 15) is 4.79 Å². The molecule has 2 unspecified atom stereocenters. The number of anilines is 1. The van der Waals surface area contributed by atoms with Gasteiger partial charge in [0.1, 0.15) is 11.8 Å². The molecule has 0 radical (unpaired) electrons. The van der Waals surface area contributed by atoms with Crippen LogP contribution in [0.5, 0.6) is 5.75 Å². The van der Waals surface area contributed by atoms with Crippen LogP contribution in [0.3, 0.4) is 0 Å². The number of amides is 1. The van der Waals surface area contributed by atoms with Crippen molar-refractivity contribution in [3.8, 4) is 5.75 Å². The molecule has 116 valence electrons. The molecule has 2 rings (SSSR count). The van der Waals surface area contributed by atoms with Crippen molar-refractivity contribution >= 4 is 23.2 Å². The van der Waals surface area contributed by atoms with Gasteiger partial charge in [0, 0.05) is 17.3 Å². The van der Waals surface area contributed by atoms with Crippen molar-refractivity contribution < 1.29 is 9.53 Å². The second kappa shape index (κ2) is 6.67. The molecule has 0 saturated heterocycles. The molecule has 0 saturated carbocycles. The first-order chi connectivity index (χ1) is 9.93. The number of ether oxygens (including phenoxy) is 1. The van der Waals surface area contributed by atoms with Crippen molar-refractivity contribution in [1.29, 1.82) is 0 Å². The molecule has 5 heteroatoms. The highest BCUT2D eigenvalue weighted by Gasteiger charge is 2.31. The van der Waals surface area contributed by atoms with Crippen LogP contribution in [0.1, 0.15) is 45.7 Å². The van der Waals surface area contributed by atoms with E-state index in [2.05, 4.69) is 31.4 Å². The summed E-state index contributed by atoms with van der Waals surface area (Å²) in [4.78, 5) is 12.0. The maximum atomic E-state index is 12.0. The van der Waals surface area contributed by atoms with Gasteiger partial charge in [0.15, 0.2) is 0 Å². The Morgan fingerprint density at radius 3 is 2.71 bits per heavy atom. The van der Waals surface area contributed by atoms with Crippen molar-refractivity contribution in [3.63, 3.8) is 0 Å². The summed E-state index contributed by atoms with van der Waals surface area (Å²) >= 11 is 6.31. The molecule has 0 bridgehead atoms. The molecule has 2 atom stereocenters. The topological polar surface area (TPSA) is 50.4 Å². The predicted octanol–water partition coefficient (Wildman–Crippen LogP) is 3.76. The molecule has 0 aliphatic carbocycles. The van der Waals surface area contributed by atoms with Gasteiger partial charge in [-0.1, -0.05) is 32.4 Å². The molecule has 0 fully saturated rings. The van der Waals surface area contributed by atoms with Gasteiger partial charge < -0.3 is 15.4 Å². The largest absolute Gasteiger partial charge is 0.489 e. The molecule has 1 heterocycles. The zero-order valence-electron chi connectivity index (χ0n) is 13.0. The van der Waals surface area contributed by atoms with Crippen LogP contribution in [0.2, 0.25) is 5.02 Å². The van der Waals surface area contributed by atoms with E-state index in [1.54, 1.807) is 0 Å². The van der Waals surface area contributed by atoms with Crippen LogP contribution in [0.25, 0.3) is 0 Å². The lowest BCUT2D eigenvalue weighted by atomic mass is 10.1. The van der Waals surface area contributed by atoms with Gasteiger partial charge in [0.25, 0.3) is 0 Å². The Balaban J connectivity index is 2.24. The van der Waals surface area contributed by atoms with Gasteiger partial charge in [-0.3, -0.25) is 4.79 Å². The van der Waals surface area contributed by atoms with Crippen molar-refractivity contribution in [1.82, 2.24) is 5.32 Å². The summed E-state index contributed by atoms with van der Waals surface area (Å²) in [6.45, 7) is 9.06. The van der Waals surface area contributed by atoms with E-state index in [-0.39, 0.29) is 18.1 Å². The summed E-state index contributed by atoms with van der Waals surface area (Å²) in [6.07, 6.45) is 1.03. The third kappa shape index (κ3) is 3.50. The van der Waals surface area contributed by atoms with E-state index in [1.807, 2.05) is 19.1 Å². The van der Waals surface area contributed by atoms with E-state index in [4.69, 9.17) is 16.3 Å². The number of carbonyl (C=O) groups excluding carboxylic acids is 1. The minimum absolute atomic E-state index is 0.0384. The van der Waals surface area contributed by atoms with E-state index in [1.165, 1.54) is 0 Å². The van der Waals surface area contributed by atoms with Crippen LogP contribution >= 0.6 is 11.6 Å². The predicted molar refractivity (Wildman–Crippen MR) is 86.0 cm³/mol. The fourth-order valence-corrected chi connectivity index (χ4v) is 2.40. The summed E-state index contributed by atoms with van der Waals surface area (Å²) < 4.78 is 5.88. The highest BCUT2D eigenvalue weighted by Crippen LogP contribution is 2.39. The molecule has 2 N–H and O–H groups in total. The van der Waals surface area contributed by atoms with Gasteiger partial charge in [-0.25, -0.2) is 0 Å². The second-order valence-corrected chi connectivity index (χ2v) is 6.22. The van der Waals surface area contributed by atoms with Crippen LogP contribution in [0, 0.1) is 5.92 Å². The lowest BCUT2D eigenvalue weighted by Crippen LogP contribution is -2.28. The highest BCUT2D eigenvalue weighted by atomic mass is 35.5. The van der Waals surface area contributed by atoms with Crippen molar-refractivity contribution in [2.24, 2.45) is 5.92 Å². The molecular formula is C16H23ClN2O2. The van der Waals surface area contributed by atoms with Crippen molar-refractivity contribution in [2.75, 3.05) is 11.9 Å². The number of benzene rings is 1. The number of halogens is 1. The Morgan fingerprint density at radius 2 is 2.10 bits per heavy atom. The fourth-order valence-electron chi connectivity index (χ4n) is 2.18. The monoisotopic (exact) mass is 310 g/mol. The lowest BCUT2D eigenvalue weighted by molar-refractivity contribution is -0.117. The Labute approximate surface area is 131 Å². The fraction of sp³-hybridized carbons (Fsp3) is 0.562. The number of rotatable bonds is 6. The molecule has 1 aliphatic heterocycles. The average Bonchev–Trinajstić information content (AvgIpc) is 2.71. The molecule has 1 aliphatic rings. The summed E-state index contributed by atoms with van der Waals surface area (Å²) in [6, 6.07) is 3.32. The smallest absolute Gasteiger partial charge is 0.246 e. The van der Waals surface area contributed by atoms with Crippen LogP contribution in [0.15, 0.2) is 12.1 Å². The van der Waals surface area contributed by atoms with E-state index < -0.39 is 0 Å². The van der Waals surface area contributed by atoms with Gasteiger partial charge in [-0.2, -0.15) is 0 Å². The first kappa shape index (κ1) is 16.1. The first-order valence-corrected chi connectivity index (χ1v) is 7.86. The van der Waals surface area contributed by atoms with Gasteiger partial charge in [0.2, 0.25) is 5.91 Å². The third-order valence-corrected chi connectivity index (χ3v) is 4.08. The van der Waals surface area contributed by atoms with Crippen molar-refractivity contribution in [3.05, 3.63) is 22.7 Å². The molecule has 1 aromatic rings. The van der Waals surface area contributed by atoms with E-state index in [0.717, 1.165) is 24.2 Å². The first-order valence-electron chi connectivity index (χ1n) is 7.48. The number of nitrogens with one attached hydrogen (secondary N) is 2. The Morgan fingerprint density at radius 1 is 1.38 bits per heavy atom. The maximum Gasteiger partial charge on any atom is 0.246 e. The summed E-state index contributed by atoms with van der Waals surface area (Å²) in [5.41, 5.74) is 1.67. The molecule has 4 nitrogen and oxygen atoms in total. The lowest BCUT2D eigenvalue weighted by Gasteiger charge is -2.20. The van der Waals surface area contributed by atoms with E-state index >= 15 is 0 Å². The van der Waals surface area contributed by atoms with Crippen LogP contribution in [-0.4, -0.2) is 18.6 Å². The summed E-state index contributed by atoms with van der Waals surface area (Å²) in [5, 5.41) is 6.66. The summed E-state index contributed by atoms with van der Waals surface area (Å²) in [7, 11) is 0. The van der Waals surface area contributed by atoms with Crippen molar-refractivity contribution in [2.45, 2.75) is 46.3 Å².